The van der Waals surface area contributed by atoms with Crippen LogP contribution in [0.4, 0.5) is 0 Å². The van der Waals surface area contributed by atoms with Crippen LogP contribution in [0.15, 0.2) is 176 Å². The predicted octanol–water partition coefficient (Wildman–Crippen LogP) is 14.3. The van der Waals surface area contributed by atoms with Gasteiger partial charge in [-0.1, -0.05) is 72.8 Å². The molecule has 13 rings (SSSR count). The molecule has 84 heavy (non-hydrogen) atoms. The number of benzene rings is 9. The normalized spacial score (nSPS) is 11.0. The molecule has 0 radical (unpaired) electrons. The Bertz CT molecular complexity index is 5120. The second-order valence-corrected chi connectivity index (χ2v) is 20.3. The van der Waals surface area contributed by atoms with Crippen molar-refractivity contribution in [2.24, 2.45) is 0 Å². The summed E-state index contributed by atoms with van der Waals surface area (Å²) in [7, 11) is 0. The first-order chi connectivity index (χ1) is 41.0. The molecule has 0 atom stereocenters. The molecule has 0 spiro atoms. The van der Waals surface area contributed by atoms with Gasteiger partial charge in [0.25, 0.3) is 0 Å². The zero-order valence-corrected chi connectivity index (χ0v) is 45.2. The lowest BCUT2D eigenvalue weighted by molar-refractivity contribution is 0.886. The van der Waals surface area contributed by atoms with Crippen molar-refractivity contribution in [2.45, 2.75) is 27.2 Å². The Morgan fingerprint density at radius 3 is 1.35 bits per heavy atom. The molecular weight excluding hydrogens is 1040 g/mol. The summed E-state index contributed by atoms with van der Waals surface area (Å²) in [4.78, 5) is 28.5. The van der Waals surface area contributed by atoms with Crippen LogP contribution in [-0.4, -0.2) is 39.0 Å². The van der Waals surface area contributed by atoms with Crippen molar-refractivity contribution in [2.75, 3.05) is 0 Å². The van der Waals surface area contributed by atoms with Crippen LogP contribution in [0.3, 0.4) is 0 Å². The summed E-state index contributed by atoms with van der Waals surface area (Å²) < 4.78 is 4.16. The molecule has 0 fully saturated rings. The Kier molecular flexibility index (Phi) is 12.5. The van der Waals surface area contributed by atoms with Crippen LogP contribution in [-0.2, 0) is 6.42 Å². The Labute approximate surface area is 481 Å². The SMILES string of the molecule is Cc1nc(C)nc(-c2ccc(C#N)c(-n3c4ccc(Cc5nc(C)nc(-c6ccc(C#N)c(-n7c8cc(-c9cccc(C#N)c9)ccc8c8ccc(-c9cccc(C#N)c9)cc87)c6)n5)cc4c4ccc(-c5ccc(C#N)cc5C#N)cc43)c2)n1. The topological polar surface area (TPSA) is 230 Å². The number of hydrogen-bond acceptors (Lipinski definition) is 12. The highest BCUT2D eigenvalue weighted by molar-refractivity contribution is 6.12. The summed E-state index contributed by atoms with van der Waals surface area (Å²) in [6, 6.07) is 69.5. The van der Waals surface area contributed by atoms with Crippen molar-refractivity contribution in [3.05, 3.63) is 238 Å². The molecule has 0 N–H and O–H groups in total. The molecule has 0 aliphatic rings. The Morgan fingerprint density at radius 1 is 0.333 bits per heavy atom. The third-order valence-electron chi connectivity index (χ3n) is 15.1. The van der Waals surface area contributed by atoms with Crippen LogP contribution in [0.25, 0.3) is 111 Å². The first kappa shape index (κ1) is 51.0. The van der Waals surface area contributed by atoms with Crippen molar-refractivity contribution in [1.82, 2.24) is 39.0 Å². The van der Waals surface area contributed by atoms with Crippen LogP contribution < -0.4 is 0 Å². The average Bonchev–Trinajstić information content (AvgIpc) is 2.32. The zero-order chi connectivity index (χ0) is 57.8. The Morgan fingerprint density at radius 2 is 0.798 bits per heavy atom. The summed E-state index contributed by atoms with van der Waals surface area (Å²) in [5.74, 6) is 3.06. The van der Waals surface area contributed by atoms with Gasteiger partial charge in [-0.2, -0.15) is 31.6 Å². The highest BCUT2D eigenvalue weighted by atomic mass is 15.0. The van der Waals surface area contributed by atoms with E-state index in [9.17, 15) is 31.6 Å². The zero-order valence-electron chi connectivity index (χ0n) is 45.2. The molecule has 9 aromatic carbocycles. The van der Waals surface area contributed by atoms with Gasteiger partial charge in [-0.05, 0) is 163 Å². The fraction of sp³-hybridized carbons (Fsp3) is 0.0571. The number of nitrogens with zero attached hydrogens (tertiary/aromatic N) is 14. The quantitative estimate of drug-likeness (QED) is 0.131. The Hall–Kier alpha value is -12.5. The maximum atomic E-state index is 10.9. The molecule has 14 nitrogen and oxygen atoms in total. The van der Waals surface area contributed by atoms with Crippen LogP contribution in [0.2, 0.25) is 0 Å². The Balaban J connectivity index is 0.943. The van der Waals surface area contributed by atoms with Crippen LogP contribution in [0.5, 0.6) is 0 Å². The summed E-state index contributed by atoms with van der Waals surface area (Å²) in [6.45, 7) is 5.46. The lowest BCUT2D eigenvalue weighted by Gasteiger charge is -2.14. The highest BCUT2D eigenvalue weighted by Crippen LogP contribution is 2.41. The molecule has 14 heteroatoms. The summed E-state index contributed by atoms with van der Waals surface area (Å²) >= 11 is 0. The molecule has 4 aromatic heterocycles. The van der Waals surface area contributed by atoms with Gasteiger partial charge in [-0.25, -0.2) is 29.9 Å². The smallest absolute Gasteiger partial charge is 0.163 e. The van der Waals surface area contributed by atoms with Crippen LogP contribution >= 0.6 is 0 Å². The van der Waals surface area contributed by atoms with E-state index in [-0.39, 0.29) is 0 Å². The van der Waals surface area contributed by atoms with E-state index in [1.165, 1.54) is 0 Å². The highest BCUT2D eigenvalue weighted by Gasteiger charge is 2.22. The molecule has 0 bridgehead atoms. The van der Waals surface area contributed by atoms with E-state index in [0.717, 1.165) is 77.0 Å². The van der Waals surface area contributed by atoms with E-state index >= 15 is 0 Å². The van der Waals surface area contributed by atoms with Gasteiger partial charge in [0.1, 0.15) is 35.4 Å². The second kappa shape index (κ2) is 20.6. The molecule has 13 aromatic rings. The molecule has 0 aliphatic carbocycles. The number of hydrogen-bond donors (Lipinski definition) is 0. The summed E-state index contributed by atoms with van der Waals surface area (Å²) in [5.41, 5.74) is 14.4. The third-order valence-corrected chi connectivity index (χ3v) is 15.1. The van der Waals surface area contributed by atoms with Crippen molar-refractivity contribution >= 4 is 43.6 Å². The minimum Gasteiger partial charge on any atom is -0.308 e. The van der Waals surface area contributed by atoms with E-state index in [1.54, 1.807) is 42.5 Å². The van der Waals surface area contributed by atoms with Crippen LogP contribution in [0.1, 0.15) is 62.2 Å². The molecule has 0 saturated carbocycles. The van der Waals surface area contributed by atoms with Crippen molar-refractivity contribution in [3.63, 3.8) is 0 Å². The standard InChI is InChI=1S/C70H40N14/c1-40-77-41(2)80-69(79-40)52-12-14-54(37-74)63(32-52)83-62-23-11-43(27-61(62)60-22-18-51(31-67(60)83)57-19-10-46(36-73)26-56(57)39-76)28-68-78-42(3)81-70(82-68)53-13-15-55(38-75)64(33-53)84-65-29-49(47-8-4-6-44(24-47)34-71)16-20-58(65)59-21-17-50(30-66(59)84)48-9-5-7-45(25-48)35-72/h4-27,29-33H,28H2,1-3H3. The van der Waals surface area contributed by atoms with Gasteiger partial charge in [0.15, 0.2) is 11.6 Å². The van der Waals surface area contributed by atoms with Gasteiger partial charge in [0, 0.05) is 39.1 Å². The fourth-order valence-corrected chi connectivity index (χ4v) is 11.3. The molecule has 390 valence electrons. The number of aromatic nitrogens is 8. The maximum absolute atomic E-state index is 10.9. The van der Waals surface area contributed by atoms with Crippen molar-refractivity contribution in [1.29, 1.82) is 31.6 Å². The molecule has 0 aliphatic heterocycles. The van der Waals surface area contributed by atoms with Gasteiger partial charge < -0.3 is 9.13 Å². The number of rotatable bonds is 9. The second-order valence-electron chi connectivity index (χ2n) is 20.3. The van der Waals surface area contributed by atoms with Crippen LogP contribution in [0, 0.1) is 88.8 Å². The van der Waals surface area contributed by atoms with Gasteiger partial charge in [0.05, 0.1) is 91.1 Å². The van der Waals surface area contributed by atoms with Gasteiger partial charge in [0.2, 0.25) is 0 Å². The lowest BCUT2D eigenvalue weighted by atomic mass is 9.97. The average molecular weight is 1080 g/mol. The summed E-state index contributed by atoms with van der Waals surface area (Å²) in [5, 5.41) is 64.7. The first-order valence-corrected chi connectivity index (χ1v) is 26.6. The predicted molar refractivity (Wildman–Crippen MR) is 321 cm³/mol. The van der Waals surface area contributed by atoms with Gasteiger partial charge in [-0.3, -0.25) is 0 Å². The van der Waals surface area contributed by atoms with Gasteiger partial charge in [-0.15, -0.1) is 0 Å². The monoisotopic (exact) mass is 1080 g/mol. The minimum atomic E-state index is 0.326. The maximum Gasteiger partial charge on any atom is 0.163 e. The van der Waals surface area contributed by atoms with Crippen molar-refractivity contribution < 1.29 is 0 Å². The minimum absolute atomic E-state index is 0.326. The number of nitriles is 6. The first-order valence-electron chi connectivity index (χ1n) is 26.6. The van der Waals surface area contributed by atoms with E-state index in [2.05, 4.69) is 90.8 Å². The molecular formula is C70H40N14. The third kappa shape index (κ3) is 9.00. The van der Waals surface area contributed by atoms with Gasteiger partial charge >= 0.3 is 0 Å². The molecule has 0 saturated heterocycles. The lowest BCUT2D eigenvalue weighted by Crippen LogP contribution is -2.05. The van der Waals surface area contributed by atoms with E-state index in [0.29, 0.717) is 103 Å². The number of aryl methyl sites for hydroxylation is 3. The number of fused-ring (bicyclic) bond motifs is 6. The molecule has 0 amide bonds. The largest absolute Gasteiger partial charge is 0.308 e. The summed E-state index contributed by atoms with van der Waals surface area (Å²) in [6.07, 6.45) is 0.326. The molecule has 0 unspecified atom stereocenters. The van der Waals surface area contributed by atoms with Crippen molar-refractivity contribution in [3.8, 4) is 104 Å². The molecule has 4 heterocycles. The fourth-order valence-electron chi connectivity index (χ4n) is 11.3. The van der Waals surface area contributed by atoms with E-state index < -0.39 is 0 Å². The van der Waals surface area contributed by atoms with E-state index in [4.69, 9.17) is 15.0 Å². The van der Waals surface area contributed by atoms with E-state index in [1.807, 2.05) is 124 Å².